The van der Waals surface area contributed by atoms with Crippen LogP contribution in [-0.4, -0.2) is 19.1 Å². The average Bonchev–Trinajstić information content (AvgIpc) is 2.77. The Kier molecular flexibility index (Phi) is 3.88. The summed E-state index contributed by atoms with van der Waals surface area (Å²) in [5.41, 5.74) is 7.77. The quantitative estimate of drug-likeness (QED) is 0.920. The molecule has 1 atom stereocenters. The molecule has 0 aliphatic carbocycles. The number of nitrogens with two attached hydrogens (primary N) is 1. The van der Waals surface area contributed by atoms with Crippen LogP contribution in [0.1, 0.15) is 18.0 Å². The van der Waals surface area contributed by atoms with Crippen LogP contribution >= 0.6 is 0 Å². The van der Waals surface area contributed by atoms with Crippen molar-refractivity contribution < 1.29 is 9.53 Å². The van der Waals surface area contributed by atoms with E-state index in [2.05, 4.69) is 0 Å². The number of nitrogens with zero attached hydrogens (tertiary/aromatic N) is 1. The van der Waals surface area contributed by atoms with E-state index < -0.39 is 6.04 Å². The molecule has 21 heavy (non-hydrogen) atoms. The van der Waals surface area contributed by atoms with E-state index in [1.807, 2.05) is 54.6 Å². The molecule has 2 aromatic rings. The van der Waals surface area contributed by atoms with Crippen molar-refractivity contribution >= 4 is 11.6 Å². The monoisotopic (exact) mass is 282 g/mol. The van der Waals surface area contributed by atoms with E-state index in [1.54, 1.807) is 4.90 Å². The van der Waals surface area contributed by atoms with Gasteiger partial charge in [-0.1, -0.05) is 42.5 Å². The van der Waals surface area contributed by atoms with Crippen LogP contribution < -0.4 is 15.4 Å². The summed E-state index contributed by atoms with van der Waals surface area (Å²) in [4.78, 5) is 14.5. The summed E-state index contributed by atoms with van der Waals surface area (Å²) in [5, 5.41) is 0. The Labute approximate surface area is 124 Å². The first-order chi connectivity index (χ1) is 10.3. The Balaban J connectivity index is 1.91. The van der Waals surface area contributed by atoms with Gasteiger partial charge < -0.3 is 15.4 Å². The number of hydrogen-bond donors (Lipinski definition) is 1. The third-order valence-electron chi connectivity index (χ3n) is 3.63. The van der Waals surface area contributed by atoms with Crippen molar-refractivity contribution in [2.24, 2.45) is 5.73 Å². The fourth-order valence-electron chi connectivity index (χ4n) is 2.53. The first-order valence-corrected chi connectivity index (χ1v) is 7.11. The first kappa shape index (κ1) is 13.6. The summed E-state index contributed by atoms with van der Waals surface area (Å²) in [7, 11) is 0. The van der Waals surface area contributed by atoms with Crippen LogP contribution in [0.15, 0.2) is 54.6 Å². The Morgan fingerprint density at radius 1 is 1.10 bits per heavy atom. The largest absolute Gasteiger partial charge is 0.491 e. The third-order valence-corrected chi connectivity index (χ3v) is 3.63. The van der Waals surface area contributed by atoms with Crippen molar-refractivity contribution in [3.63, 3.8) is 0 Å². The van der Waals surface area contributed by atoms with Crippen LogP contribution in [0, 0.1) is 0 Å². The molecule has 0 fully saturated rings. The summed E-state index contributed by atoms with van der Waals surface area (Å²) in [6, 6.07) is 16.4. The lowest BCUT2D eigenvalue weighted by Crippen LogP contribution is -2.39. The molecule has 4 heteroatoms. The first-order valence-electron chi connectivity index (χ1n) is 7.11. The molecule has 108 valence electrons. The highest BCUT2D eigenvalue weighted by Crippen LogP contribution is 2.32. The number of ether oxygens (including phenoxy) is 1. The molecule has 2 N–H and O–H groups in total. The number of benzene rings is 2. The van der Waals surface area contributed by atoms with Gasteiger partial charge in [0.2, 0.25) is 5.91 Å². The molecule has 1 heterocycles. The number of fused-ring (bicyclic) bond motifs is 1. The zero-order chi connectivity index (χ0) is 14.7. The highest BCUT2D eigenvalue weighted by atomic mass is 16.5. The lowest BCUT2D eigenvalue weighted by molar-refractivity contribution is -0.120. The fraction of sp³-hybridized carbons (Fsp3) is 0.235. The summed E-state index contributed by atoms with van der Waals surface area (Å²) >= 11 is 0. The van der Waals surface area contributed by atoms with Gasteiger partial charge in [-0.3, -0.25) is 4.79 Å². The van der Waals surface area contributed by atoms with E-state index >= 15 is 0 Å². The van der Waals surface area contributed by atoms with Gasteiger partial charge in [0.1, 0.15) is 11.8 Å². The molecular formula is C17H18N2O2. The van der Waals surface area contributed by atoms with E-state index in [0.717, 1.165) is 23.4 Å². The molecule has 0 spiro atoms. The lowest BCUT2D eigenvalue weighted by Gasteiger charge is -2.25. The van der Waals surface area contributed by atoms with Gasteiger partial charge in [0, 0.05) is 6.54 Å². The predicted octanol–water partition coefficient (Wildman–Crippen LogP) is 2.50. The van der Waals surface area contributed by atoms with Crippen molar-refractivity contribution in [2.75, 3.05) is 18.1 Å². The second-order valence-electron chi connectivity index (χ2n) is 5.05. The number of anilines is 1. The lowest BCUT2D eigenvalue weighted by atomic mass is 10.1. The Morgan fingerprint density at radius 3 is 2.62 bits per heavy atom. The molecule has 4 nitrogen and oxygen atoms in total. The van der Waals surface area contributed by atoms with E-state index in [9.17, 15) is 4.79 Å². The molecular weight excluding hydrogens is 264 g/mol. The Bertz CT molecular complexity index is 628. The van der Waals surface area contributed by atoms with Crippen molar-refractivity contribution in [2.45, 2.75) is 12.5 Å². The number of para-hydroxylation sites is 2. The van der Waals surface area contributed by atoms with Crippen LogP contribution in [0.25, 0.3) is 0 Å². The van der Waals surface area contributed by atoms with Crippen LogP contribution in [0.3, 0.4) is 0 Å². The van der Waals surface area contributed by atoms with Crippen molar-refractivity contribution in [3.8, 4) is 5.75 Å². The number of carbonyl (C=O) groups is 1. The van der Waals surface area contributed by atoms with E-state index in [0.29, 0.717) is 13.2 Å². The minimum atomic E-state index is -0.655. The van der Waals surface area contributed by atoms with Crippen molar-refractivity contribution in [3.05, 3.63) is 60.2 Å². The molecule has 1 amide bonds. The van der Waals surface area contributed by atoms with Crippen LogP contribution in [-0.2, 0) is 4.79 Å². The maximum absolute atomic E-state index is 12.8. The standard InChI is InChI=1S/C17H18N2O2/c18-16(13-7-2-1-3-8-13)17(20)19-11-6-12-21-15-10-5-4-9-14(15)19/h1-5,7-10,16H,6,11-12,18H2/t16-/m1/s1. The zero-order valence-electron chi connectivity index (χ0n) is 11.7. The molecule has 3 rings (SSSR count). The number of carbonyl (C=O) groups excluding carboxylic acids is 1. The van der Waals surface area contributed by atoms with Gasteiger partial charge >= 0.3 is 0 Å². The maximum Gasteiger partial charge on any atom is 0.248 e. The van der Waals surface area contributed by atoms with E-state index in [4.69, 9.17) is 10.5 Å². The minimum absolute atomic E-state index is 0.0980. The van der Waals surface area contributed by atoms with Crippen LogP contribution in [0.2, 0.25) is 0 Å². The average molecular weight is 282 g/mol. The van der Waals surface area contributed by atoms with Gasteiger partial charge in [-0.15, -0.1) is 0 Å². The highest BCUT2D eigenvalue weighted by molar-refractivity contribution is 5.99. The number of rotatable bonds is 2. The predicted molar refractivity (Wildman–Crippen MR) is 82.3 cm³/mol. The van der Waals surface area contributed by atoms with Gasteiger partial charge in [-0.05, 0) is 24.1 Å². The molecule has 0 saturated carbocycles. The zero-order valence-corrected chi connectivity index (χ0v) is 11.7. The summed E-state index contributed by atoms with van der Waals surface area (Å²) in [6.07, 6.45) is 0.794. The minimum Gasteiger partial charge on any atom is -0.491 e. The maximum atomic E-state index is 12.8. The van der Waals surface area contributed by atoms with Crippen molar-refractivity contribution in [1.29, 1.82) is 0 Å². The normalized spacial score (nSPS) is 15.6. The van der Waals surface area contributed by atoms with Crippen LogP contribution in [0.4, 0.5) is 5.69 Å². The fourth-order valence-corrected chi connectivity index (χ4v) is 2.53. The molecule has 0 aromatic heterocycles. The number of hydrogen-bond acceptors (Lipinski definition) is 3. The molecule has 2 aromatic carbocycles. The van der Waals surface area contributed by atoms with Gasteiger partial charge in [0.25, 0.3) is 0 Å². The van der Waals surface area contributed by atoms with Gasteiger partial charge in [0.05, 0.1) is 12.3 Å². The summed E-state index contributed by atoms with van der Waals surface area (Å²) < 4.78 is 5.68. The van der Waals surface area contributed by atoms with E-state index in [-0.39, 0.29) is 5.91 Å². The molecule has 0 unspecified atom stereocenters. The van der Waals surface area contributed by atoms with E-state index in [1.165, 1.54) is 0 Å². The summed E-state index contributed by atoms with van der Waals surface area (Å²) in [6.45, 7) is 1.23. The Morgan fingerprint density at radius 2 is 1.81 bits per heavy atom. The Hall–Kier alpha value is -2.33. The van der Waals surface area contributed by atoms with Gasteiger partial charge in [0.15, 0.2) is 0 Å². The third kappa shape index (κ3) is 2.76. The van der Waals surface area contributed by atoms with Gasteiger partial charge in [-0.2, -0.15) is 0 Å². The smallest absolute Gasteiger partial charge is 0.248 e. The molecule has 0 radical (unpaired) electrons. The second kappa shape index (κ2) is 5.97. The molecule has 1 aliphatic heterocycles. The highest BCUT2D eigenvalue weighted by Gasteiger charge is 2.26. The van der Waals surface area contributed by atoms with Crippen molar-refractivity contribution in [1.82, 2.24) is 0 Å². The summed E-state index contributed by atoms with van der Waals surface area (Å²) in [5.74, 6) is 0.641. The molecule has 0 bridgehead atoms. The van der Waals surface area contributed by atoms with Crippen LogP contribution in [0.5, 0.6) is 5.75 Å². The second-order valence-corrected chi connectivity index (χ2v) is 5.05. The number of amides is 1. The molecule has 1 aliphatic rings. The van der Waals surface area contributed by atoms with Gasteiger partial charge in [-0.25, -0.2) is 0 Å². The topological polar surface area (TPSA) is 55.6 Å². The molecule has 0 saturated heterocycles. The SMILES string of the molecule is N[C@@H](C(=O)N1CCCOc2ccccc21)c1ccccc1.